The fourth-order valence-corrected chi connectivity index (χ4v) is 3.27. The van der Waals surface area contributed by atoms with Gasteiger partial charge in [-0.05, 0) is 18.1 Å². The van der Waals surface area contributed by atoms with Gasteiger partial charge in [-0.2, -0.15) is 0 Å². The number of rotatable bonds is 2. The molecular weight excluding hydrogens is 222 g/mol. The predicted octanol–water partition coefficient (Wildman–Crippen LogP) is 1.48. The van der Waals surface area contributed by atoms with Crippen LogP contribution in [0.4, 0.5) is 5.69 Å². The van der Waals surface area contributed by atoms with Gasteiger partial charge in [-0.3, -0.25) is 0 Å². The Morgan fingerprint density at radius 1 is 1.19 bits per heavy atom. The van der Waals surface area contributed by atoms with E-state index in [1.54, 1.807) is 0 Å². The van der Waals surface area contributed by atoms with Gasteiger partial charge in [0.1, 0.15) is 0 Å². The van der Waals surface area contributed by atoms with Crippen LogP contribution in [0.2, 0.25) is 0 Å². The minimum atomic E-state index is -2.78. The molecule has 0 radical (unpaired) electrons. The van der Waals surface area contributed by atoms with Crippen molar-refractivity contribution in [3.63, 3.8) is 0 Å². The van der Waals surface area contributed by atoms with E-state index in [1.165, 1.54) is 11.3 Å². The highest BCUT2D eigenvalue weighted by Crippen LogP contribution is 2.22. The molecule has 0 unspecified atom stereocenters. The van der Waals surface area contributed by atoms with Crippen molar-refractivity contribution in [1.29, 1.82) is 0 Å². The molecule has 0 atom stereocenters. The smallest absolute Gasteiger partial charge is 0.153 e. The third-order valence-electron chi connectivity index (χ3n) is 3.06. The predicted molar refractivity (Wildman–Crippen MR) is 66.7 cm³/mol. The van der Waals surface area contributed by atoms with E-state index in [0.29, 0.717) is 13.1 Å². The van der Waals surface area contributed by atoms with Crippen molar-refractivity contribution in [2.24, 2.45) is 0 Å². The Kier molecular flexibility index (Phi) is 3.19. The molecule has 0 saturated carbocycles. The van der Waals surface area contributed by atoms with Crippen LogP contribution in [0.3, 0.4) is 0 Å². The maximum absolute atomic E-state index is 11.4. The number of nitrogens with zero attached hydrogens (tertiary/aromatic N) is 1. The molecular formula is C12H17NO2S. The van der Waals surface area contributed by atoms with Crippen molar-refractivity contribution in [3.8, 4) is 0 Å². The first-order chi connectivity index (χ1) is 7.62. The fourth-order valence-electron chi connectivity index (χ4n) is 2.07. The monoisotopic (exact) mass is 239 g/mol. The van der Waals surface area contributed by atoms with Gasteiger partial charge in [0.15, 0.2) is 9.84 Å². The van der Waals surface area contributed by atoms with Gasteiger partial charge in [-0.1, -0.05) is 25.1 Å². The molecule has 1 aliphatic rings. The zero-order chi connectivity index (χ0) is 11.6. The van der Waals surface area contributed by atoms with E-state index in [0.717, 1.165) is 6.42 Å². The van der Waals surface area contributed by atoms with Crippen LogP contribution < -0.4 is 4.90 Å². The Balaban J connectivity index is 2.20. The summed E-state index contributed by atoms with van der Waals surface area (Å²) in [5, 5.41) is 0. The van der Waals surface area contributed by atoms with Crippen molar-refractivity contribution in [3.05, 3.63) is 29.8 Å². The Labute approximate surface area is 97.0 Å². The first-order valence-electron chi connectivity index (χ1n) is 5.65. The number of hydrogen-bond donors (Lipinski definition) is 0. The van der Waals surface area contributed by atoms with E-state index in [2.05, 4.69) is 24.0 Å². The van der Waals surface area contributed by atoms with Crippen LogP contribution in [0, 0.1) is 0 Å². The van der Waals surface area contributed by atoms with Gasteiger partial charge in [0, 0.05) is 18.8 Å². The van der Waals surface area contributed by atoms with E-state index in [-0.39, 0.29) is 11.5 Å². The van der Waals surface area contributed by atoms with Crippen LogP contribution in [0.15, 0.2) is 24.3 Å². The van der Waals surface area contributed by atoms with Crippen molar-refractivity contribution in [2.75, 3.05) is 29.5 Å². The molecule has 0 bridgehead atoms. The van der Waals surface area contributed by atoms with Crippen molar-refractivity contribution in [2.45, 2.75) is 13.3 Å². The second kappa shape index (κ2) is 4.45. The zero-order valence-corrected chi connectivity index (χ0v) is 10.3. The summed E-state index contributed by atoms with van der Waals surface area (Å²) in [4.78, 5) is 2.18. The molecule has 2 rings (SSSR count). The highest BCUT2D eigenvalue weighted by Gasteiger charge is 2.22. The normalized spacial score (nSPS) is 19.7. The zero-order valence-electron chi connectivity index (χ0n) is 9.52. The minimum absolute atomic E-state index is 0.283. The highest BCUT2D eigenvalue weighted by molar-refractivity contribution is 7.91. The molecule has 1 aromatic carbocycles. The van der Waals surface area contributed by atoms with Gasteiger partial charge < -0.3 is 4.90 Å². The van der Waals surface area contributed by atoms with Crippen LogP contribution in [0.5, 0.6) is 0 Å². The molecule has 88 valence electrons. The van der Waals surface area contributed by atoms with E-state index in [1.807, 2.05) is 12.1 Å². The molecule has 0 aromatic heterocycles. The van der Waals surface area contributed by atoms with Crippen LogP contribution >= 0.6 is 0 Å². The Morgan fingerprint density at radius 2 is 1.81 bits per heavy atom. The summed E-state index contributed by atoms with van der Waals surface area (Å²) in [5.74, 6) is 0.566. The lowest BCUT2D eigenvalue weighted by Gasteiger charge is -2.30. The average Bonchev–Trinajstić information content (AvgIpc) is 2.29. The number of benzene rings is 1. The molecule has 1 saturated heterocycles. The summed E-state index contributed by atoms with van der Waals surface area (Å²) >= 11 is 0. The molecule has 0 aliphatic carbocycles. The second-order valence-corrected chi connectivity index (χ2v) is 6.42. The van der Waals surface area contributed by atoms with Gasteiger partial charge >= 0.3 is 0 Å². The first-order valence-corrected chi connectivity index (χ1v) is 7.48. The molecule has 16 heavy (non-hydrogen) atoms. The van der Waals surface area contributed by atoms with Gasteiger partial charge in [0.25, 0.3) is 0 Å². The van der Waals surface area contributed by atoms with Crippen LogP contribution in [-0.2, 0) is 16.3 Å². The number of hydrogen-bond acceptors (Lipinski definition) is 3. The number of anilines is 1. The maximum atomic E-state index is 11.4. The van der Waals surface area contributed by atoms with Crippen LogP contribution in [-0.4, -0.2) is 33.0 Å². The lowest BCUT2D eigenvalue weighted by atomic mass is 10.1. The van der Waals surface area contributed by atoms with Gasteiger partial charge in [-0.15, -0.1) is 0 Å². The SMILES string of the molecule is CCc1ccccc1N1CCS(=O)(=O)CC1. The van der Waals surface area contributed by atoms with Gasteiger partial charge in [0.2, 0.25) is 0 Å². The molecule has 1 aromatic rings. The number of sulfone groups is 1. The summed E-state index contributed by atoms with van der Waals surface area (Å²) in [7, 11) is -2.78. The summed E-state index contributed by atoms with van der Waals surface area (Å²) in [6.45, 7) is 3.37. The average molecular weight is 239 g/mol. The van der Waals surface area contributed by atoms with Crippen molar-refractivity contribution < 1.29 is 8.42 Å². The molecule has 3 nitrogen and oxygen atoms in total. The lowest BCUT2D eigenvalue weighted by Crippen LogP contribution is -2.40. The van der Waals surface area contributed by atoms with E-state index in [4.69, 9.17) is 0 Å². The topological polar surface area (TPSA) is 37.4 Å². The van der Waals surface area contributed by atoms with E-state index < -0.39 is 9.84 Å². The number of aryl methyl sites for hydroxylation is 1. The van der Waals surface area contributed by atoms with Gasteiger partial charge in [-0.25, -0.2) is 8.42 Å². The molecule has 0 spiro atoms. The van der Waals surface area contributed by atoms with Crippen LogP contribution in [0.25, 0.3) is 0 Å². The Morgan fingerprint density at radius 3 is 2.44 bits per heavy atom. The number of para-hydroxylation sites is 1. The second-order valence-electron chi connectivity index (χ2n) is 4.12. The molecule has 1 aliphatic heterocycles. The molecule has 0 amide bonds. The van der Waals surface area contributed by atoms with E-state index >= 15 is 0 Å². The van der Waals surface area contributed by atoms with Crippen LogP contribution in [0.1, 0.15) is 12.5 Å². The minimum Gasteiger partial charge on any atom is -0.369 e. The summed E-state index contributed by atoms with van der Waals surface area (Å²) in [6.07, 6.45) is 0.986. The Bertz CT molecular complexity index is 454. The molecule has 1 fully saturated rings. The third-order valence-corrected chi connectivity index (χ3v) is 4.67. The molecule has 4 heteroatoms. The van der Waals surface area contributed by atoms with Crippen molar-refractivity contribution >= 4 is 15.5 Å². The largest absolute Gasteiger partial charge is 0.369 e. The lowest BCUT2D eigenvalue weighted by molar-refractivity contribution is 0.586. The highest BCUT2D eigenvalue weighted by atomic mass is 32.2. The third kappa shape index (κ3) is 2.38. The molecule has 0 N–H and O–H groups in total. The summed E-state index contributed by atoms with van der Waals surface area (Å²) in [5.41, 5.74) is 2.49. The summed E-state index contributed by atoms with van der Waals surface area (Å²) < 4.78 is 22.7. The maximum Gasteiger partial charge on any atom is 0.153 e. The standard InChI is InChI=1S/C12H17NO2S/c1-2-11-5-3-4-6-12(11)13-7-9-16(14,15)10-8-13/h3-6H,2,7-10H2,1H3. The Hall–Kier alpha value is -1.03. The quantitative estimate of drug-likeness (QED) is 0.784. The first kappa shape index (κ1) is 11.5. The summed E-state index contributed by atoms with van der Waals surface area (Å²) in [6, 6.07) is 8.23. The van der Waals surface area contributed by atoms with Gasteiger partial charge in [0.05, 0.1) is 11.5 Å². The molecule has 1 heterocycles. The van der Waals surface area contributed by atoms with Crippen molar-refractivity contribution in [1.82, 2.24) is 0 Å². The van der Waals surface area contributed by atoms with E-state index in [9.17, 15) is 8.42 Å². The fraction of sp³-hybridized carbons (Fsp3) is 0.500.